The maximum Gasteiger partial charge on any atom is 0.263 e. The molecule has 0 unspecified atom stereocenters. The van der Waals surface area contributed by atoms with Crippen molar-refractivity contribution in [2.24, 2.45) is 0 Å². The summed E-state index contributed by atoms with van der Waals surface area (Å²) < 4.78 is 26.9. The first-order chi connectivity index (χ1) is 9.03. The second-order valence-electron chi connectivity index (χ2n) is 4.27. The lowest BCUT2D eigenvalue weighted by molar-refractivity contribution is 0.601. The number of aryl methyl sites for hydroxylation is 2. The number of hydrogen-bond acceptors (Lipinski definition) is 3. The van der Waals surface area contributed by atoms with Gasteiger partial charge < -0.3 is 0 Å². The molecule has 1 aromatic carbocycles. The molecule has 5 heteroatoms. The van der Waals surface area contributed by atoms with Crippen LogP contribution < -0.4 is 4.72 Å². The van der Waals surface area contributed by atoms with E-state index in [1.54, 1.807) is 24.4 Å². The molecule has 1 heterocycles. The van der Waals surface area contributed by atoms with Crippen molar-refractivity contribution in [1.29, 1.82) is 0 Å². The summed E-state index contributed by atoms with van der Waals surface area (Å²) in [6, 6.07) is 10.4. The van der Waals surface area contributed by atoms with Gasteiger partial charge in [-0.1, -0.05) is 25.1 Å². The first-order valence-corrected chi connectivity index (χ1v) is 7.54. The Kier molecular flexibility index (Phi) is 3.85. The van der Waals surface area contributed by atoms with Crippen molar-refractivity contribution < 1.29 is 8.42 Å². The fraction of sp³-hybridized carbons (Fsp3) is 0.214. The van der Waals surface area contributed by atoms with Crippen LogP contribution in [-0.2, 0) is 16.4 Å². The highest BCUT2D eigenvalue weighted by atomic mass is 32.2. The SMILES string of the molecule is CCc1ccc(S(=O)(=O)Nc2ncccc2C)cc1. The fourth-order valence-corrected chi connectivity index (χ4v) is 2.76. The third-order valence-electron chi connectivity index (χ3n) is 2.88. The Morgan fingerprint density at radius 1 is 1.16 bits per heavy atom. The Morgan fingerprint density at radius 3 is 2.42 bits per heavy atom. The van der Waals surface area contributed by atoms with E-state index in [1.807, 2.05) is 32.0 Å². The molecule has 0 atom stereocenters. The van der Waals surface area contributed by atoms with Gasteiger partial charge in [0, 0.05) is 6.20 Å². The third kappa shape index (κ3) is 3.12. The quantitative estimate of drug-likeness (QED) is 0.934. The van der Waals surface area contributed by atoms with Crippen LogP contribution in [0.3, 0.4) is 0 Å². The number of nitrogens with zero attached hydrogens (tertiary/aromatic N) is 1. The molecule has 1 N–H and O–H groups in total. The van der Waals surface area contributed by atoms with E-state index in [0.29, 0.717) is 5.82 Å². The topological polar surface area (TPSA) is 59.1 Å². The van der Waals surface area contributed by atoms with Crippen LogP contribution in [0.5, 0.6) is 0 Å². The summed E-state index contributed by atoms with van der Waals surface area (Å²) in [7, 11) is -3.57. The monoisotopic (exact) mass is 276 g/mol. The predicted octanol–water partition coefficient (Wildman–Crippen LogP) is 2.75. The molecule has 2 aromatic rings. The summed E-state index contributed by atoms with van der Waals surface area (Å²) in [5.74, 6) is 0.363. The zero-order chi connectivity index (χ0) is 13.9. The number of pyridine rings is 1. The number of rotatable bonds is 4. The number of benzene rings is 1. The Bertz CT molecular complexity index is 664. The van der Waals surface area contributed by atoms with Crippen molar-refractivity contribution in [3.05, 3.63) is 53.7 Å². The Balaban J connectivity index is 2.30. The minimum atomic E-state index is -3.57. The molecule has 0 aliphatic heterocycles. The van der Waals surface area contributed by atoms with Crippen LogP contribution in [0.4, 0.5) is 5.82 Å². The minimum Gasteiger partial charge on any atom is -0.263 e. The van der Waals surface area contributed by atoms with Crippen molar-refractivity contribution in [1.82, 2.24) is 4.98 Å². The number of sulfonamides is 1. The Morgan fingerprint density at radius 2 is 1.84 bits per heavy atom. The summed E-state index contributed by atoms with van der Waals surface area (Å²) in [4.78, 5) is 4.28. The highest BCUT2D eigenvalue weighted by Crippen LogP contribution is 2.17. The van der Waals surface area contributed by atoms with Gasteiger partial charge in [-0.2, -0.15) is 0 Å². The van der Waals surface area contributed by atoms with Gasteiger partial charge in [-0.25, -0.2) is 13.4 Å². The average molecular weight is 276 g/mol. The largest absolute Gasteiger partial charge is 0.263 e. The fourth-order valence-electron chi connectivity index (χ4n) is 1.68. The average Bonchev–Trinajstić information content (AvgIpc) is 2.41. The predicted molar refractivity (Wildman–Crippen MR) is 75.6 cm³/mol. The van der Waals surface area contributed by atoms with Crippen molar-refractivity contribution in [3.63, 3.8) is 0 Å². The number of nitrogens with one attached hydrogen (secondary N) is 1. The van der Waals surface area contributed by atoms with Crippen molar-refractivity contribution in [3.8, 4) is 0 Å². The Labute approximate surface area is 113 Å². The smallest absolute Gasteiger partial charge is 0.263 e. The lowest BCUT2D eigenvalue weighted by Crippen LogP contribution is -2.14. The first kappa shape index (κ1) is 13.5. The zero-order valence-corrected chi connectivity index (χ0v) is 11.7. The van der Waals surface area contributed by atoms with Gasteiger partial charge in [0.1, 0.15) is 5.82 Å². The molecule has 0 aliphatic carbocycles. The van der Waals surface area contributed by atoms with E-state index in [9.17, 15) is 8.42 Å². The molecule has 0 aliphatic rings. The van der Waals surface area contributed by atoms with Gasteiger partial charge in [0.25, 0.3) is 10.0 Å². The van der Waals surface area contributed by atoms with E-state index in [4.69, 9.17) is 0 Å². The maximum absolute atomic E-state index is 12.2. The van der Waals surface area contributed by atoms with Crippen LogP contribution in [0, 0.1) is 6.92 Å². The molecule has 4 nitrogen and oxygen atoms in total. The second kappa shape index (κ2) is 5.40. The second-order valence-corrected chi connectivity index (χ2v) is 5.95. The van der Waals surface area contributed by atoms with Crippen molar-refractivity contribution >= 4 is 15.8 Å². The highest BCUT2D eigenvalue weighted by Gasteiger charge is 2.15. The normalized spacial score (nSPS) is 11.3. The van der Waals surface area contributed by atoms with E-state index >= 15 is 0 Å². The van der Waals surface area contributed by atoms with E-state index in [2.05, 4.69) is 9.71 Å². The summed E-state index contributed by atoms with van der Waals surface area (Å²) in [5.41, 5.74) is 1.89. The van der Waals surface area contributed by atoms with Crippen LogP contribution in [-0.4, -0.2) is 13.4 Å². The third-order valence-corrected chi connectivity index (χ3v) is 4.24. The molecule has 0 saturated heterocycles. The van der Waals surface area contributed by atoms with E-state index in [0.717, 1.165) is 17.5 Å². The molecule has 0 saturated carbocycles. The summed E-state index contributed by atoms with van der Waals surface area (Å²) in [5, 5.41) is 0. The van der Waals surface area contributed by atoms with Gasteiger partial charge in [0.2, 0.25) is 0 Å². The van der Waals surface area contributed by atoms with Crippen LogP contribution >= 0.6 is 0 Å². The van der Waals surface area contributed by atoms with E-state index in [-0.39, 0.29) is 4.90 Å². The molecule has 0 radical (unpaired) electrons. The standard InChI is InChI=1S/C14H16N2O2S/c1-3-12-6-8-13(9-7-12)19(17,18)16-14-11(2)5-4-10-15-14/h4-10H,3H2,1-2H3,(H,15,16). The van der Waals surface area contributed by atoms with Crippen molar-refractivity contribution in [2.75, 3.05) is 4.72 Å². The molecule has 2 rings (SSSR count). The number of anilines is 1. The molecular formula is C14H16N2O2S. The summed E-state index contributed by atoms with van der Waals surface area (Å²) in [6.07, 6.45) is 2.44. The Hall–Kier alpha value is -1.88. The molecule has 0 bridgehead atoms. The van der Waals surface area contributed by atoms with Crippen LogP contribution in [0.1, 0.15) is 18.1 Å². The molecular weight excluding hydrogens is 260 g/mol. The maximum atomic E-state index is 12.2. The molecule has 100 valence electrons. The van der Waals surface area contributed by atoms with Gasteiger partial charge in [-0.05, 0) is 42.7 Å². The van der Waals surface area contributed by atoms with Gasteiger partial charge in [0.15, 0.2) is 0 Å². The molecule has 0 fully saturated rings. The molecule has 0 amide bonds. The highest BCUT2D eigenvalue weighted by molar-refractivity contribution is 7.92. The van der Waals surface area contributed by atoms with Crippen molar-refractivity contribution in [2.45, 2.75) is 25.2 Å². The lowest BCUT2D eigenvalue weighted by Gasteiger charge is -2.09. The molecule has 19 heavy (non-hydrogen) atoms. The minimum absolute atomic E-state index is 0.245. The van der Waals surface area contributed by atoms with Crippen LogP contribution in [0.15, 0.2) is 47.5 Å². The lowest BCUT2D eigenvalue weighted by atomic mass is 10.2. The first-order valence-electron chi connectivity index (χ1n) is 6.06. The van der Waals surface area contributed by atoms with E-state index < -0.39 is 10.0 Å². The summed E-state index contributed by atoms with van der Waals surface area (Å²) in [6.45, 7) is 3.84. The summed E-state index contributed by atoms with van der Waals surface area (Å²) >= 11 is 0. The van der Waals surface area contributed by atoms with Gasteiger partial charge in [-0.15, -0.1) is 0 Å². The van der Waals surface area contributed by atoms with Gasteiger partial charge in [0.05, 0.1) is 4.90 Å². The number of hydrogen-bond donors (Lipinski definition) is 1. The van der Waals surface area contributed by atoms with Gasteiger partial charge in [-0.3, -0.25) is 4.72 Å². The zero-order valence-electron chi connectivity index (χ0n) is 10.9. The van der Waals surface area contributed by atoms with Crippen LogP contribution in [0.2, 0.25) is 0 Å². The number of aromatic nitrogens is 1. The van der Waals surface area contributed by atoms with Crippen LogP contribution in [0.25, 0.3) is 0 Å². The van der Waals surface area contributed by atoms with Gasteiger partial charge >= 0.3 is 0 Å². The molecule has 0 spiro atoms. The van der Waals surface area contributed by atoms with E-state index in [1.165, 1.54) is 0 Å². The molecule has 1 aromatic heterocycles.